The van der Waals surface area contributed by atoms with Gasteiger partial charge in [-0.15, -0.1) is 0 Å². The fourth-order valence-corrected chi connectivity index (χ4v) is 2.77. The maximum atomic E-state index is 14.7. The van der Waals surface area contributed by atoms with E-state index in [4.69, 9.17) is 16.3 Å². The zero-order chi connectivity index (χ0) is 19.4. The van der Waals surface area contributed by atoms with Gasteiger partial charge in [-0.2, -0.15) is 0 Å². The number of hydrogen-bond acceptors (Lipinski definition) is 3. The fraction of sp³-hybridized carbons (Fsp3) is 0.316. The molecule has 2 aromatic rings. The van der Waals surface area contributed by atoms with Crippen molar-refractivity contribution in [2.45, 2.75) is 26.2 Å². The molecule has 2 rings (SSSR count). The van der Waals surface area contributed by atoms with Gasteiger partial charge in [0.05, 0.1) is 0 Å². The number of carbonyl (C=O) groups is 1. The van der Waals surface area contributed by atoms with Crippen LogP contribution >= 0.6 is 11.6 Å². The predicted molar refractivity (Wildman–Crippen MR) is 95.9 cm³/mol. The van der Waals surface area contributed by atoms with Crippen LogP contribution in [0.4, 0.5) is 8.78 Å². The average Bonchev–Trinajstić information content (AvgIpc) is 2.58. The number of benzene rings is 2. The van der Waals surface area contributed by atoms with Crippen molar-refractivity contribution < 1.29 is 23.4 Å². The Morgan fingerprint density at radius 1 is 1.27 bits per heavy atom. The van der Waals surface area contributed by atoms with E-state index in [9.17, 15) is 18.7 Å². The molecule has 0 aliphatic rings. The summed E-state index contributed by atoms with van der Waals surface area (Å²) >= 11 is 6.17. The topological polar surface area (TPSA) is 58.6 Å². The molecule has 140 valence electrons. The predicted octanol–water partition coefficient (Wildman–Crippen LogP) is 4.16. The first-order valence-electron chi connectivity index (χ1n) is 8.06. The van der Waals surface area contributed by atoms with Crippen LogP contribution in [0.1, 0.15) is 36.5 Å². The number of hydrogen-bond donors (Lipinski definition) is 2. The van der Waals surface area contributed by atoms with Crippen molar-refractivity contribution in [2.75, 3.05) is 13.7 Å². The lowest BCUT2D eigenvalue weighted by molar-refractivity contribution is -0.122. The number of halogens is 3. The van der Waals surface area contributed by atoms with Crippen LogP contribution in [0, 0.1) is 11.6 Å². The summed E-state index contributed by atoms with van der Waals surface area (Å²) in [6, 6.07) is 5.28. The third kappa shape index (κ3) is 4.43. The van der Waals surface area contributed by atoms with Gasteiger partial charge in [0, 0.05) is 30.1 Å². The number of rotatable bonds is 6. The Morgan fingerprint density at radius 3 is 2.58 bits per heavy atom. The van der Waals surface area contributed by atoms with Crippen LogP contribution in [-0.4, -0.2) is 24.7 Å². The number of amides is 1. The SMILES string of the molecule is CNC(=O)COc1cc(Cl)c(Cc2ccc(O)c(C(C)C)c2F)cc1F. The molecule has 1 amide bonds. The van der Waals surface area contributed by atoms with E-state index in [1.54, 1.807) is 13.8 Å². The lowest BCUT2D eigenvalue weighted by atomic mass is 9.95. The van der Waals surface area contributed by atoms with E-state index in [0.717, 1.165) is 6.07 Å². The summed E-state index contributed by atoms with van der Waals surface area (Å²) in [4.78, 5) is 11.2. The molecular formula is C19H20ClF2NO3. The van der Waals surface area contributed by atoms with Crippen molar-refractivity contribution in [1.82, 2.24) is 5.32 Å². The third-order valence-corrected chi connectivity index (χ3v) is 4.29. The highest BCUT2D eigenvalue weighted by Gasteiger charge is 2.18. The first kappa shape index (κ1) is 20.0. The number of phenolic OH excluding ortho intramolecular Hbond substituents is 1. The minimum atomic E-state index is -0.698. The van der Waals surface area contributed by atoms with Crippen LogP contribution in [0.15, 0.2) is 24.3 Å². The van der Waals surface area contributed by atoms with E-state index in [2.05, 4.69) is 5.32 Å². The van der Waals surface area contributed by atoms with Crippen LogP contribution in [0.2, 0.25) is 5.02 Å². The van der Waals surface area contributed by atoms with Gasteiger partial charge in [0.15, 0.2) is 18.2 Å². The monoisotopic (exact) mass is 383 g/mol. The minimum Gasteiger partial charge on any atom is -0.508 e. The average molecular weight is 384 g/mol. The largest absolute Gasteiger partial charge is 0.508 e. The van der Waals surface area contributed by atoms with Gasteiger partial charge in [-0.1, -0.05) is 31.5 Å². The maximum Gasteiger partial charge on any atom is 0.257 e. The minimum absolute atomic E-state index is 0.0529. The van der Waals surface area contributed by atoms with Crippen LogP contribution in [0.25, 0.3) is 0 Å². The molecule has 0 saturated carbocycles. The normalized spacial score (nSPS) is 10.9. The van der Waals surface area contributed by atoms with Gasteiger partial charge in [-0.25, -0.2) is 8.78 Å². The number of nitrogens with one attached hydrogen (secondary N) is 1. The standard InChI is InChI=1S/C19H20ClF2NO3/c1-10(2)18-15(24)5-4-11(19(18)22)6-12-7-14(21)16(8-13(12)20)26-9-17(25)23-3/h4-5,7-8,10,24H,6,9H2,1-3H3,(H,23,25). The Kier molecular flexibility index (Phi) is 6.42. The highest BCUT2D eigenvalue weighted by molar-refractivity contribution is 6.31. The van der Waals surface area contributed by atoms with Gasteiger partial charge < -0.3 is 15.2 Å². The number of ether oxygens (including phenoxy) is 1. The van der Waals surface area contributed by atoms with E-state index in [1.165, 1.54) is 25.2 Å². The quantitative estimate of drug-likeness (QED) is 0.787. The molecule has 0 aromatic heterocycles. The van der Waals surface area contributed by atoms with Crippen molar-refractivity contribution >= 4 is 17.5 Å². The Balaban J connectivity index is 2.30. The summed E-state index contributed by atoms with van der Waals surface area (Å²) in [7, 11) is 1.44. The van der Waals surface area contributed by atoms with Crippen LogP contribution < -0.4 is 10.1 Å². The van der Waals surface area contributed by atoms with Gasteiger partial charge in [-0.05, 0) is 29.2 Å². The van der Waals surface area contributed by atoms with Gasteiger partial charge >= 0.3 is 0 Å². The molecule has 2 aromatic carbocycles. The third-order valence-electron chi connectivity index (χ3n) is 3.93. The van der Waals surface area contributed by atoms with Crippen molar-refractivity contribution in [2.24, 2.45) is 0 Å². The lowest BCUT2D eigenvalue weighted by Gasteiger charge is -2.14. The number of phenols is 1. The second-order valence-corrected chi connectivity index (χ2v) is 6.55. The van der Waals surface area contributed by atoms with Crippen molar-refractivity contribution in [3.63, 3.8) is 0 Å². The van der Waals surface area contributed by atoms with Crippen molar-refractivity contribution in [3.05, 3.63) is 57.6 Å². The van der Waals surface area contributed by atoms with Gasteiger partial charge in [0.25, 0.3) is 5.91 Å². The van der Waals surface area contributed by atoms with Crippen molar-refractivity contribution in [3.8, 4) is 11.5 Å². The van der Waals surface area contributed by atoms with E-state index in [-0.39, 0.29) is 41.0 Å². The molecule has 7 heteroatoms. The summed E-state index contributed by atoms with van der Waals surface area (Å²) in [6.45, 7) is 3.20. The molecule has 0 aliphatic carbocycles. The highest BCUT2D eigenvalue weighted by atomic mass is 35.5. The van der Waals surface area contributed by atoms with Gasteiger partial charge in [0.1, 0.15) is 11.6 Å². The molecule has 0 heterocycles. The molecule has 26 heavy (non-hydrogen) atoms. The summed E-state index contributed by atoms with van der Waals surface area (Å²) in [5.41, 5.74) is 0.882. The molecule has 0 radical (unpaired) electrons. The molecule has 0 bridgehead atoms. The van der Waals surface area contributed by atoms with E-state index in [1.807, 2.05) is 0 Å². The summed E-state index contributed by atoms with van der Waals surface area (Å²) in [5.74, 6) is -2.11. The molecule has 2 N–H and O–H groups in total. The molecule has 0 unspecified atom stereocenters. The Labute approximate surface area is 155 Å². The first-order valence-corrected chi connectivity index (χ1v) is 8.43. The molecule has 0 atom stereocenters. The lowest BCUT2D eigenvalue weighted by Crippen LogP contribution is -2.25. The molecule has 0 spiro atoms. The van der Waals surface area contributed by atoms with E-state index >= 15 is 0 Å². The second kappa shape index (κ2) is 8.36. The number of aromatic hydroxyl groups is 1. The zero-order valence-corrected chi connectivity index (χ0v) is 15.5. The highest BCUT2D eigenvalue weighted by Crippen LogP contribution is 2.33. The fourth-order valence-electron chi connectivity index (χ4n) is 2.55. The van der Waals surface area contributed by atoms with Crippen molar-refractivity contribution in [1.29, 1.82) is 0 Å². The molecule has 0 saturated heterocycles. The van der Waals surface area contributed by atoms with E-state index in [0.29, 0.717) is 11.1 Å². The zero-order valence-electron chi connectivity index (χ0n) is 14.7. The number of likely N-dealkylation sites (N-methyl/N-ethyl adjacent to an activating group) is 1. The molecule has 0 aliphatic heterocycles. The molecule has 0 fully saturated rings. The smallest absolute Gasteiger partial charge is 0.257 e. The summed E-state index contributed by atoms with van der Waals surface area (Å²) in [5, 5.41) is 12.4. The molecule has 4 nitrogen and oxygen atoms in total. The summed E-state index contributed by atoms with van der Waals surface area (Å²) in [6.07, 6.45) is 0.0529. The Hall–Kier alpha value is -2.34. The first-order chi connectivity index (χ1) is 12.2. The van der Waals surface area contributed by atoms with Gasteiger partial charge in [0.2, 0.25) is 0 Å². The van der Waals surface area contributed by atoms with E-state index < -0.39 is 17.5 Å². The van der Waals surface area contributed by atoms with Crippen LogP contribution in [0.3, 0.4) is 0 Å². The Bertz CT molecular complexity index is 825. The number of carbonyl (C=O) groups excluding carboxylic acids is 1. The van der Waals surface area contributed by atoms with Crippen LogP contribution in [-0.2, 0) is 11.2 Å². The van der Waals surface area contributed by atoms with Gasteiger partial charge in [-0.3, -0.25) is 4.79 Å². The Morgan fingerprint density at radius 2 is 1.96 bits per heavy atom. The molecular weight excluding hydrogens is 364 g/mol. The van der Waals surface area contributed by atoms with Crippen LogP contribution in [0.5, 0.6) is 11.5 Å². The maximum absolute atomic E-state index is 14.7. The second-order valence-electron chi connectivity index (χ2n) is 6.14. The summed E-state index contributed by atoms with van der Waals surface area (Å²) < 4.78 is 34.0.